The van der Waals surface area contributed by atoms with E-state index in [1.807, 2.05) is 4.98 Å². The minimum atomic E-state index is -5.63. The first kappa shape index (κ1) is 39.1. The van der Waals surface area contributed by atoms with Gasteiger partial charge in [0.2, 0.25) is 0 Å². The van der Waals surface area contributed by atoms with Gasteiger partial charge < -0.3 is 49.7 Å². The lowest BCUT2D eigenvalue weighted by Crippen LogP contribution is -2.58. The largest absolute Gasteiger partial charge is 0.483 e. The molecular weight excluding hydrogens is 654 g/mol. The summed E-state index contributed by atoms with van der Waals surface area (Å²) < 4.78 is 48.5. The van der Waals surface area contributed by atoms with Crippen LogP contribution < -0.4 is 11.2 Å². The first-order valence-electron chi connectivity index (χ1n) is 13.5. The number of aliphatic hydroxyl groups is 5. The van der Waals surface area contributed by atoms with Crippen LogP contribution in [0.4, 0.5) is 0 Å². The molecule has 0 bridgehead atoms. The third-order valence-corrected chi connectivity index (χ3v) is 9.24. The maximum absolute atomic E-state index is 12.3. The zero-order valence-electron chi connectivity index (χ0n) is 24.3. The highest BCUT2D eigenvalue weighted by Crippen LogP contribution is 2.61. The molecule has 11 atom stereocenters. The van der Waals surface area contributed by atoms with E-state index in [2.05, 4.69) is 49.1 Å². The van der Waals surface area contributed by atoms with Crippen molar-refractivity contribution in [2.75, 3.05) is 32.8 Å². The van der Waals surface area contributed by atoms with Crippen molar-refractivity contribution < 1.29 is 67.3 Å². The van der Waals surface area contributed by atoms with Gasteiger partial charge in [-0.25, -0.2) is 13.9 Å². The molecular formula is C21H38N6O16P2. The summed E-state index contributed by atoms with van der Waals surface area (Å²) in [6.07, 6.45) is -15.5. The monoisotopic (exact) mass is 692 g/mol. The molecule has 1 aromatic rings. The molecule has 3 heterocycles. The van der Waals surface area contributed by atoms with E-state index in [9.17, 15) is 54.0 Å². The van der Waals surface area contributed by atoms with Crippen LogP contribution in [0.5, 0.6) is 0 Å². The predicted octanol–water partition coefficient (Wildman–Crippen LogP) is -2.13. The Hall–Kier alpha value is -2.07. The Labute approximate surface area is 255 Å². The lowest BCUT2D eigenvalue weighted by molar-refractivity contribution is -0.272. The molecule has 0 aromatic carbocycles. The normalized spacial score (nSPS) is 32.6. The van der Waals surface area contributed by atoms with Crippen LogP contribution in [0.15, 0.2) is 27.0 Å². The van der Waals surface area contributed by atoms with E-state index in [4.69, 9.17) is 15.0 Å². The minimum absolute atomic E-state index is 0.596. The summed E-state index contributed by atoms with van der Waals surface area (Å²) in [6.45, 7) is 8.49. The standard InChI is InChI=1S/C15H23N5O16P2.C6H15N/c16-19-17-3-5-8(22)10(24)12(26)14(34-5)35-38(30,31)36-37(28,29)32-4-6-9(23)11(25)13(33-6)20-2-1-7(21)18-15(20)27;1-4-7(5-2)6-3/h1-2,5-6,8-14,22-26H,3-4H2,(H,28,29)(H,30,31)(H,18,21,27);4-6H2,1-3H3/t5-,6-,8+,9-,10+,11-,12-,13-,14-;/m1./s1. The molecule has 0 amide bonds. The summed E-state index contributed by atoms with van der Waals surface area (Å²) in [5, 5.41) is 53.1. The summed E-state index contributed by atoms with van der Waals surface area (Å²) in [6, 6.07) is 0.924. The molecule has 0 saturated carbocycles. The number of hydrogen-bond acceptors (Lipinski definition) is 16. The molecule has 0 spiro atoms. The van der Waals surface area contributed by atoms with E-state index < -0.39 is 95.3 Å². The van der Waals surface area contributed by atoms with Crippen molar-refractivity contribution in [2.45, 2.75) is 76.0 Å². The van der Waals surface area contributed by atoms with Crippen LogP contribution in [0, 0.1) is 0 Å². The molecule has 1 aromatic heterocycles. The lowest BCUT2D eigenvalue weighted by atomic mass is 9.99. The Balaban J connectivity index is 0.000000900. The van der Waals surface area contributed by atoms with E-state index in [0.29, 0.717) is 0 Å². The zero-order valence-corrected chi connectivity index (χ0v) is 26.1. The van der Waals surface area contributed by atoms with Gasteiger partial charge in [0.25, 0.3) is 5.56 Å². The van der Waals surface area contributed by atoms with Crippen molar-refractivity contribution in [2.24, 2.45) is 5.11 Å². The Morgan fingerprint density at radius 3 is 2.09 bits per heavy atom. The molecule has 3 rings (SSSR count). The van der Waals surface area contributed by atoms with E-state index in [0.717, 1.165) is 16.8 Å². The van der Waals surface area contributed by atoms with Gasteiger partial charge in [0, 0.05) is 17.2 Å². The fraction of sp³-hybridized carbons (Fsp3) is 0.810. The average molecular weight is 693 g/mol. The van der Waals surface area contributed by atoms with Crippen LogP contribution in [0.1, 0.15) is 27.0 Å². The first-order valence-corrected chi connectivity index (χ1v) is 16.5. The second kappa shape index (κ2) is 17.2. The number of nitrogens with one attached hydrogen (secondary N) is 1. The second-order valence-corrected chi connectivity index (χ2v) is 12.5. The number of hydrogen-bond donors (Lipinski definition) is 8. The number of aliphatic hydroxyl groups excluding tert-OH is 5. The van der Waals surface area contributed by atoms with Crippen molar-refractivity contribution in [1.29, 1.82) is 0 Å². The summed E-state index contributed by atoms with van der Waals surface area (Å²) in [5.74, 6) is 0. The number of phosphoric acid groups is 2. The van der Waals surface area contributed by atoms with Crippen molar-refractivity contribution in [3.63, 3.8) is 0 Å². The number of ether oxygens (including phenoxy) is 2. The second-order valence-electron chi connectivity index (χ2n) is 9.53. The van der Waals surface area contributed by atoms with Crippen LogP contribution in [-0.4, -0.2) is 132 Å². The quantitative estimate of drug-likeness (QED) is 0.0474. The lowest BCUT2D eigenvalue weighted by Gasteiger charge is -2.39. The maximum atomic E-state index is 12.3. The fourth-order valence-electron chi connectivity index (χ4n) is 4.14. The molecule has 8 N–H and O–H groups in total. The third kappa shape index (κ3) is 11.0. The van der Waals surface area contributed by atoms with Gasteiger partial charge in [0.1, 0.15) is 36.6 Å². The number of nitrogens with zero attached hydrogens (tertiary/aromatic N) is 5. The van der Waals surface area contributed by atoms with Gasteiger partial charge in [0.05, 0.1) is 19.3 Å². The van der Waals surface area contributed by atoms with E-state index in [-0.39, 0.29) is 0 Å². The van der Waals surface area contributed by atoms with E-state index >= 15 is 0 Å². The zero-order chi connectivity index (χ0) is 34.1. The predicted molar refractivity (Wildman–Crippen MR) is 149 cm³/mol. The van der Waals surface area contributed by atoms with Crippen molar-refractivity contribution in [3.05, 3.63) is 43.5 Å². The van der Waals surface area contributed by atoms with E-state index in [1.165, 1.54) is 19.6 Å². The summed E-state index contributed by atoms with van der Waals surface area (Å²) in [4.78, 5) is 49.5. The number of H-pyrrole nitrogens is 1. The smallest absolute Gasteiger partial charge is 0.388 e. The number of phosphoric ester groups is 2. The van der Waals surface area contributed by atoms with Gasteiger partial charge in [-0.3, -0.25) is 23.4 Å². The van der Waals surface area contributed by atoms with Gasteiger partial charge in [-0.1, -0.05) is 25.9 Å². The fourth-order valence-corrected chi connectivity index (χ4v) is 6.30. The Morgan fingerprint density at radius 2 is 1.56 bits per heavy atom. The number of aromatic amines is 1. The van der Waals surface area contributed by atoms with Gasteiger partial charge in [-0.05, 0) is 25.2 Å². The highest BCUT2D eigenvalue weighted by atomic mass is 31.3. The van der Waals surface area contributed by atoms with Crippen LogP contribution in [-0.2, 0) is 32.0 Å². The van der Waals surface area contributed by atoms with Crippen molar-refractivity contribution in [3.8, 4) is 0 Å². The molecule has 258 valence electrons. The molecule has 2 saturated heterocycles. The maximum Gasteiger partial charge on any atom is 0.483 e. The molecule has 0 radical (unpaired) electrons. The number of aromatic nitrogens is 2. The first-order chi connectivity index (χ1) is 21.0. The molecule has 2 fully saturated rings. The minimum Gasteiger partial charge on any atom is -0.388 e. The van der Waals surface area contributed by atoms with Crippen LogP contribution in [0.25, 0.3) is 10.4 Å². The molecule has 45 heavy (non-hydrogen) atoms. The molecule has 24 heteroatoms. The number of rotatable bonds is 13. The van der Waals surface area contributed by atoms with Gasteiger partial charge in [-0.2, -0.15) is 4.31 Å². The van der Waals surface area contributed by atoms with Crippen LogP contribution in [0.3, 0.4) is 0 Å². The molecule has 22 nitrogen and oxygen atoms in total. The highest BCUT2D eigenvalue weighted by Gasteiger charge is 2.49. The number of azide groups is 1. The highest BCUT2D eigenvalue weighted by molar-refractivity contribution is 7.61. The average Bonchev–Trinajstić information content (AvgIpc) is 3.25. The Morgan fingerprint density at radius 1 is 0.956 bits per heavy atom. The van der Waals surface area contributed by atoms with Gasteiger partial charge in [-0.15, -0.1) is 0 Å². The van der Waals surface area contributed by atoms with Crippen LogP contribution >= 0.6 is 15.6 Å². The molecule has 0 aliphatic carbocycles. The summed E-state index contributed by atoms with van der Waals surface area (Å²) in [7, 11) is -11.1. The van der Waals surface area contributed by atoms with Gasteiger partial charge in [0.15, 0.2) is 12.5 Å². The van der Waals surface area contributed by atoms with Crippen molar-refractivity contribution in [1.82, 2.24) is 14.5 Å². The van der Waals surface area contributed by atoms with Crippen molar-refractivity contribution >= 4 is 15.6 Å². The molecule has 2 aliphatic heterocycles. The van der Waals surface area contributed by atoms with Gasteiger partial charge >= 0.3 is 21.3 Å². The molecule has 2 unspecified atom stereocenters. The SMILES string of the molecule is CCN(CC)CC.[N-]=[N+]=NC[C@H]1O[C@H](OP(=O)(O)OP(=O)(O)OC[C@H]2O[C@@H](n3ccc(=O)[nH]c3=O)[C@H](O)[C@@H]2O)[C@H](O)[C@@H](O)[C@H]1O. The Kier molecular flexibility index (Phi) is 14.9. The van der Waals surface area contributed by atoms with E-state index in [1.54, 1.807) is 0 Å². The Bertz CT molecular complexity index is 1350. The summed E-state index contributed by atoms with van der Waals surface area (Å²) in [5.41, 5.74) is 6.61. The topological polar surface area (TPSA) is 329 Å². The molecule has 2 aliphatic rings. The summed E-state index contributed by atoms with van der Waals surface area (Å²) >= 11 is 0. The third-order valence-electron chi connectivity index (χ3n) is 6.64. The van der Waals surface area contributed by atoms with Crippen LogP contribution in [0.2, 0.25) is 0 Å².